The van der Waals surface area contributed by atoms with E-state index in [4.69, 9.17) is 5.73 Å². The lowest BCUT2D eigenvalue weighted by Gasteiger charge is -2.24. The Kier molecular flexibility index (Phi) is 4.02. The molecule has 0 aliphatic heterocycles. The third-order valence-corrected chi connectivity index (χ3v) is 4.55. The van der Waals surface area contributed by atoms with Gasteiger partial charge in [0, 0.05) is 17.6 Å². The van der Waals surface area contributed by atoms with Crippen molar-refractivity contribution < 1.29 is 0 Å². The van der Waals surface area contributed by atoms with Crippen LogP contribution >= 0.6 is 11.3 Å². The molecule has 21 heavy (non-hydrogen) atoms. The minimum atomic E-state index is 0.379. The summed E-state index contributed by atoms with van der Waals surface area (Å²) >= 11 is 1.51. The van der Waals surface area contributed by atoms with Crippen LogP contribution in [0.3, 0.4) is 0 Å². The third kappa shape index (κ3) is 2.98. The molecular formula is C15H17N5S. The fourth-order valence-corrected chi connectivity index (χ4v) is 3.28. The quantitative estimate of drug-likeness (QED) is 0.906. The van der Waals surface area contributed by atoms with Crippen molar-refractivity contribution in [3.63, 3.8) is 0 Å². The van der Waals surface area contributed by atoms with Gasteiger partial charge in [0.15, 0.2) is 0 Å². The van der Waals surface area contributed by atoms with Crippen molar-refractivity contribution in [3.8, 4) is 16.8 Å². The first-order valence-electron chi connectivity index (χ1n) is 7.15. The van der Waals surface area contributed by atoms with Crippen LogP contribution in [0, 0.1) is 11.3 Å². The van der Waals surface area contributed by atoms with Gasteiger partial charge in [0.2, 0.25) is 0 Å². The molecule has 3 rings (SSSR count). The summed E-state index contributed by atoms with van der Waals surface area (Å²) in [5.74, 6) is 0.592. The molecule has 1 aliphatic rings. The van der Waals surface area contributed by atoms with Crippen LogP contribution in [0.4, 0.5) is 11.5 Å². The lowest BCUT2D eigenvalue weighted by atomic mass is 9.95. The molecule has 108 valence electrons. The van der Waals surface area contributed by atoms with Gasteiger partial charge < -0.3 is 11.1 Å². The summed E-state index contributed by atoms with van der Waals surface area (Å²) in [4.78, 5) is 8.84. The van der Waals surface area contributed by atoms with E-state index in [1.165, 1.54) is 30.6 Å². The van der Waals surface area contributed by atoms with Gasteiger partial charge in [-0.2, -0.15) is 5.26 Å². The van der Waals surface area contributed by atoms with Gasteiger partial charge in [0.1, 0.15) is 28.2 Å². The Morgan fingerprint density at radius 1 is 1.33 bits per heavy atom. The van der Waals surface area contributed by atoms with E-state index >= 15 is 0 Å². The summed E-state index contributed by atoms with van der Waals surface area (Å²) in [6.45, 7) is 0. The number of nitrogens with two attached hydrogens (primary N) is 1. The van der Waals surface area contributed by atoms with Crippen molar-refractivity contribution in [2.45, 2.75) is 38.1 Å². The number of nitrogens with one attached hydrogen (secondary N) is 1. The van der Waals surface area contributed by atoms with Crippen LogP contribution in [0.5, 0.6) is 0 Å². The molecule has 3 N–H and O–H groups in total. The molecule has 0 atom stereocenters. The average Bonchev–Trinajstić information content (AvgIpc) is 3.02. The van der Waals surface area contributed by atoms with E-state index in [1.54, 1.807) is 12.3 Å². The Labute approximate surface area is 127 Å². The number of anilines is 2. The maximum Gasteiger partial charge on any atom is 0.147 e. The highest BCUT2D eigenvalue weighted by atomic mass is 32.1. The number of thiazole rings is 1. The molecule has 0 unspecified atom stereocenters. The van der Waals surface area contributed by atoms with E-state index in [2.05, 4.69) is 21.4 Å². The number of pyridine rings is 1. The first-order valence-corrected chi connectivity index (χ1v) is 8.03. The monoisotopic (exact) mass is 299 g/mol. The fourth-order valence-electron chi connectivity index (χ4n) is 2.69. The minimum absolute atomic E-state index is 0.379. The molecule has 0 saturated heterocycles. The van der Waals surface area contributed by atoms with E-state index in [0.717, 1.165) is 23.5 Å². The van der Waals surface area contributed by atoms with Gasteiger partial charge in [-0.15, -0.1) is 11.3 Å². The van der Waals surface area contributed by atoms with Crippen LogP contribution in [0.1, 0.15) is 37.7 Å². The summed E-state index contributed by atoms with van der Waals surface area (Å²) in [6, 6.07) is 4.26. The molecule has 2 aromatic heterocycles. The van der Waals surface area contributed by atoms with Crippen LogP contribution < -0.4 is 11.1 Å². The van der Waals surface area contributed by atoms with Crippen molar-refractivity contribution in [1.82, 2.24) is 9.97 Å². The Bertz CT molecular complexity index is 653. The number of nitrogens with zero attached hydrogens (tertiary/aromatic N) is 3. The highest BCUT2D eigenvalue weighted by Crippen LogP contribution is 2.29. The number of nitriles is 1. The molecule has 0 bridgehead atoms. The molecule has 0 spiro atoms. The summed E-state index contributed by atoms with van der Waals surface area (Å²) in [5, 5.41) is 15.5. The number of aromatic nitrogens is 2. The zero-order valence-corrected chi connectivity index (χ0v) is 12.5. The van der Waals surface area contributed by atoms with E-state index < -0.39 is 0 Å². The summed E-state index contributed by atoms with van der Waals surface area (Å²) in [5.41, 5.74) is 7.63. The zero-order chi connectivity index (χ0) is 14.7. The normalized spacial score (nSPS) is 15.6. The second-order valence-corrected chi connectivity index (χ2v) is 6.14. The Hall–Kier alpha value is -2.13. The van der Waals surface area contributed by atoms with Crippen LogP contribution in [-0.4, -0.2) is 16.0 Å². The molecule has 2 aromatic rings. The number of nitrogen functional groups attached to an aromatic ring is 1. The SMILES string of the molecule is N#Cc1c(N)cc(-c2nccs2)nc1NC1CCCCC1. The number of rotatable bonds is 3. The summed E-state index contributed by atoms with van der Waals surface area (Å²) < 4.78 is 0. The van der Waals surface area contributed by atoms with Crippen molar-refractivity contribution in [2.75, 3.05) is 11.1 Å². The summed E-state index contributed by atoms with van der Waals surface area (Å²) in [7, 11) is 0. The maximum atomic E-state index is 9.33. The number of hydrogen-bond donors (Lipinski definition) is 2. The van der Waals surface area contributed by atoms with E-state index in [-0.39, 0.29) is 0 Å². The second kappa shape index (κ2) is 6.10. The van der Waals surface area contributed by atoms with Crippen LogP contribution in [0.25, 0.3) is 10.7 Å². The van der Waals surface area contributed by atoms with Gasteiger partial charge in [-0.05, 0) is 18.9 Å². The van der Waals surface area contributed by atoms with Gasteiger partial charge in [-0.1, -0.05) is 19.3 Å². The molecule has 0 aromatic carbocycles. The van der Waals surface area contributed by atoms with E-state index in [1.807, 2.05) is 5.38 Å². The molecular weight excluding hydrogens is 282 g/mol. The van der Waals surface area contributed by atoms with Gasteiger partial charge in [-0.25, -0.2) is 9.97 Å². The first kappa shape index (κ1) is 13.8. The lowest BCUT2D eigenvalue weighted by Crippen LogP contribution is -2.23. The Morgan fingerprint density at radius 2 is 2.14 bits per heavy atom. The summed E-state index contributed by atoms with van der Waals surface area (Å²) in [6.07, 6.45) is 7.71. The fraction of sp³-hybridized carbons (Fsp3) is 0.400. The first-order chi connectivity index (χ1) is 10.3. The minimum Gasteiger partial charge on any atom is -0.397 e. The van der Waals surface area contributed by atoms with E-state index in [0.29, 0.717) is 23.1 Å². The maximum absolute atomic E-state index is 9.33. The molecule has 2 heterocycles. The molecule has 1 saturated carbocycles. The Morgan fingerprint density at radius 3 is 2.81 bits per heavy atom. The van der Waals surface area contributed by atoms with Gasteiger partial charge in [0.05, 0.1) is 5.69 Å². The van der Waals surface area contributed by atoms with Crippen molar-refractivity contribution >= 4 is 22.8 Å². The smallest absolute Gasteiger partial charge is 0.147 e. The Balaban J connectivity index is 1.95. The molecule has 6 heteroatoms. The van der Waals surface area contributed by atoms with Crippen molar-refractivity contribution in [3.05, 3.63) is 23.2 Å². The van der Waals surface area contributed by atoms with E-state index in [9.17, 15) is 5.26 Å². The second-order valence-electron chi connectivity index (χ2n) is 5.25. The van der Waals surface area contributed by atoms with Crippen molar-refractivity contribution in [1.29, 1.82) is 5.26 Å². The molecule has 1 fully saturated rings. The zero-order valence-electron chi connectivity index (χ0n) is 11.7. The highest BCUT2D eigenvalue weighted by molar-refractivity contribution is 7.13. The highest BCUT2D eigenvalue weighted by Gasteiger charge is 2.18. The topological polar surface area (TPSA) is 87.6 Å². The lowest BCUT2D eigenvalue weighted by molar-refractivity contribution is 0.462. The van der Waals surface area contributed by atoms with Gasteiger partial charge in [-0.3, -0.25) is 0 Å². The number of hydrogen-bond acceptors (Lipinski definition) is 6. The average molecular weight is 299 g/mol. The van der Waals surface area contributed by atoms with Crippen LogP contribution in [0.15, 0.2) is 17.6 Å². The predicted octanol–water partition coefficient (Wildman–Crippen LogP) is 3.40. The molecule has 0 amide bonds. The largest absolute Gasteiger partial charge is 0.397 e. The molecule has 0 radical (unpaired) electrons. The van der Waals surface area contributed by atoms with Crippen LogP contribution in [-0.2, 0) is 0 Å². The predicted molar refractivity (Wildman–Crippen MR) is 85.0 cm³/mol. The standard InChI is InChI=1S/C15H17N5S/c16-9-11-12(17)8-13(15-18-6-7-21-15)20-14(11)19-10-4-2-1-3-5-10/h6-8,10H,1-5H2,(H3,17,19,20). The van der Waals surface area contributed by atoms with Crippen LogP contribution in [0.2, 0.25) is 0 Å². The van der Waals surface area contributed by atoms with Gasteiger partial charge >= 0.3 is 0 Å². The molecule has 5 nitrogen and oxygen atoms in total. The molecule has 1 aliphatic carbocycles. The van der Waals surface area contributed by atoms with Crippen molar-refractivity contribution in [2.24, 2.45) is 0 Å². The van der Waals surface area contributed by atoms with Gasteiger partial charge in [0.25, 0.3) is 0 Å². The third-order valence-electron chi connectivity index (χ3n) is 3.76.